The fourth-order valence-corrected chi connectivity index (χ4v) is 3.90. The maximum atomic E-state index is 12.1. The predicted octanol–water partition coefficient (Wildman–Crippen LogP) is 1.66. The van der Waals surface area contributed by atoms with Crippen molar-refractivity contribution in [3.05, 3.63) is 58.0 Å². The van der Waals surface area contributed by atoms with Crippen LogP contribution >= 0.6 is 0 Å². The first kappa shape index (κ1) is 20.3. The Bertz CT molecular complexity index is 1010. The van der Waals surface area contributed by atoms with Gasteiger partial charge in [0, 0.05) is 18.5 Å². The number of nitrogens with zero attached hydrogens (tertiary/aromatic N) is 2. The second kappa shape index (κ2) is 8.26. The van der Waals surface area contributed by atoms with Crippen LogP contribution in [0.5, 0.6) is 0 Å². The van der Waals surface area contributed by atoms with E-state index in [9.17, 15) is 18.0 Å². The number of hydrogen-bond donors (Lipinski definition) is 1. The highest BCUT2D eigenvalue weighted by Crippen LogP contribution is 2.38. The number of carbonyl (C=O) groups is 1. The summed E-state index contributed by atoms with van der Waals surface area (Å²) < 4.78 is 25.6. The molecule has 0 saturated heterocycles. The van der Waals surface area contributed by atoms with Gasteiger partial charge in [-0.25, -0.2) is 13.1 Å². The van der Waals surface area contributed by atoms with Gasteiger partial charge in [0.1, 0.15) is 0 Å². The zero-order valence-corrected chi connectivity index (χ0v) is 16.9. The quantitative estimate of drug-likeness (QED) is 0.723. The number of hydrogen-bond acceptors (Lipinski definition) is 5. The lowest BCUT2D eigenvalue weighted by Gasteiger charge is -2.10. The normalized spacial score (nSPS) is 14.2. The number of amides is 1. The van der Waals surface area contributed by atoms with Crippen LogP contribution < -0.4 is 10.9 Å². The Kier molecular flexibility index (Phi) is 5.98. The molecular weight excluding hydrogens is 378 g/mol. The third-order valence-electron chi connectivity index (χ3n) is 4.77. The zero-order chi connectivity index (χ0) is 20.3. The van der Waals surface area contributed by atoms with Crippen molar-refractivity contribution < 1.29 is 13.2 Å². The summed E-state index contributed by atoms with van der Waals surface area (Å²) in [4.78, 5) is 24.3. The van der Waals surface area contributed by atoms with Gasteiger partial charge in [-0.05, 0) is 50.5 Å². The Morgan fingerprint density at radius 1 is 1.18 bits per heavy atom. The molecule has 1 amide bonds. The maximum absolute atomic E-state index is 12.1. The summed E-state index contributed by atoms with van der Waals surface area (Å²) in [6.07, 6.45) is 2.37. The van der Waals surface area contributed by atoms with Gasteiger partial charge in [0.05, 0.1) is 28.8 Å². The molecule has 7 nitrogen and oxygen atoms in total. The number of sulfone groups is 1. The average molecular weight is 404 g/mol. The summed E-state index contributed by atoms with van der Waals surface area (Å²) in [7, 11) is -3.32. The highest BCUT2D eigenvalue weighted by molar-refractivity contribution is 7.92. The summed E-state index contributed by atoms with van der Waals surface area (Å²) in [5.74, 6) is 0.273. The van der Waals surface area contributed by atoms with Crippen molar-refractivity contribution in [1.82, 2.24) is 15.1 Å². The molecule has 3 rings (SSSR count). The van der Waals surface area contributed by atoms with Crippen LogP contribution in [0.1, 0.15) is 43.9 Å². The third kappa shape index (κ3) is 4.86. The first-order valence-electron chi connectivity index (χ1n) is 9.45. The number of benzene rings is 1. The second-order valence-electron chi connectivity index (χ2n) is 7.36. The first-order chi connectivity index (χ1) is 13.3. The molecule has 150 valence electrons. The van der Waals surface area contributed by atoms with E-state index >= 15 is 0 Å². The molecule has 0 atom stereocenters. The van der Waals surface area contributed by atoms with Crippen LogP contribution in [0.15, 0.2) is 46.1 Å². The molecule has 1 aliphatic carbocycles. The van der Waals surface area contributed by atoms with E-state index in [2.05, 4.69) is 10.4 Å². The molecule has 0 unspecified atom stereocenters. The lowest BCUT2D eigenvalue weighted by Crippen LogP contribution is -2.32. The minimum absolute atomic E-state index is 0.145. The van der Waals surface area contributed by atoms with E-state index in [0.717, 1.165) is 24.1 Å². The van der Waals surface area contributed by atoms with E-state index in [4.69, 9.17) is 0 Å². The van der Waals surface area contributed by atoms with Crippen molar-refractivity contribution >= 4 is 15.7 Å². The van der Waals surface area contributed by atoms with E-state index in [1.54, 1.807) is 32.0 Å². The Morgan fingerprint density at radius 2 is 1.86 bits per heavy atom. The van der Waals surface area contributed by atoms with Crippen LogP contribution in [-0.4, -0.2) is 35.9 Å². The third-order valence-corrected chi connectivity index (χ3v) is 6.94. The average Bonchev–Trinajstić information content (AvgIpc) is 3.49. The molecule has 1 aliphatic rings. The summed E-state index contributed by atoms with van der Waals surface area (Å²) >= 11 is 0. The number of carbonyl (C=O) groups excluding carboxylic acids is 1. The van der Waals surface area contributed by atoms with Gasteiger partial charge in [-0.2, -0.15) is 5.10 Å². The van der Waals surface area contributed by atoms with Crippen molar-refractivity contribution in [2.75, 3.05) is 6.54 Å². The lowest BCUT2D eigenvalue weighted by atomic mass is 10.1. The van der Waals surface area contributed by atoms with E-state index in [1.165, 1.54) is 22.9 Å². The smallest absolute Gasteiger partial charge is 0.266 e. The van der Waals surface area contributed by atoms with Gasteiger partial charge in [-0.3, -0.25) is 9.59 Å². The largest absolute Gasteiger partial charge is 0.354 e. The van der Waals surface area contributed by atoms with Crippen LogP contribution in [0.25, 0.3) is 0 Å². The molecule has 1 heterocycles. The molecule has 0 aliphatic heterocycles. The highest BCUT2D eigenvalue weighted by Gasteiger charge is 2.25. The van der Waals surface area contributed by atoms with E-state index < -0.39 is 15.1 Å². The molecule has 0 radical (unpaired) electrons. The number of rotatable bonds is 8. The van der Waals surface area contributed by atoms with Gasteiger partial charge < -0.3 is 5.32 Å². The first-order valence-corrected chi connectivity index (χ1v) is 11.0. The molecule has 1 aromatic heterocycles. The summed E-state index contributed by atoms with van der Waals surface area (Å²) in [6.45, 7) is 3.89. The van der Waals surface area contributed by atoms with Crippen LogP contribution in [0.4, 0.5) is 0 Å². The summed E-state index contributed by atoms with van der Waals surface area (Å²) in [6, 6.07) is 9.67. The Balaban J connectivity index is 1.52. The predicted molar refractivity (Wildman–Crippen MR) is 106 cm³/mol. The summed E-state index contributed by atoms with van der Waals surface area (Å²) in [5, 5.41) is 6.65. The Morgan fingerprint density at radius 3 is 2.46 bits per heavy atom. The van der Waals surface area contributed by atoms with Crippen LogP contribution in [0.2, 0.25) is 0 Å². The fraction of sp³-hybridized carbons (Fsp3) is 0.450. The SMILES string of the molecule is CC(C)S(=O)(=O)c1ccc(CC(=O)NCCn2nc(C3CC3)ccc2=O)cc1. The Hall–Kier alpha value is -2.48. The van der Waals surface area contributed by atoms with Gasteiger partial charge >= 0.3 is 0 Å². The van der Waals surface area contributed by atoms with Crippen molar-refractivity contribution in [3.63, 3.8) is 0 Å². The van der Waals surface area contributed by atoms with Crippen LogP contribution in [0.3, 0.4) is 0 Å². The fourth-order valence-electron chi connectivity index (χ4n) is 2.84. The van der Waals surface area contributed by atoms with Gasteiger partial charge in [-0.1, -0.05) is 12.1 Å². The Labute approximate surface area is 164 Å². The molecular formula is C20H25N3O4S. The van der Waals surface area contributed by atoms with Crippen molar-refractivity contribution in [2.45, 2.75) is 55.7 Å². The minimum atomic E-state index is -3.32. The second-order valence-corrected chi connectivity index (χ2v) is 9.86. The van der Waals surface area contributed by atoms with Gasteiger partial charge in [0.15, 0.2) is 9.84 Å². The number of aromatic nitrogens is 2. The van der Waals surface area contributed by atoms with Gasteiger partial charge in [-0.15, -0.1) is 0 Å². The van der Waals surface area contributed by atoms with Crippen molar-refractivity contribution in [2.24, 2.45) is 0 Å². The standard InChI is InChI=1S/C20H25N3O4S/c1-14(2)28(26,27)17-7-3-15(4-8-17)13-19(24)21-11-12-23-20(25)10-9-18(22-23)16-5-6-16/h3-4,7-10,14,16H,5-6,11-13H2,1-2H3,(H,21,24). The van der Waals surface area contributed by atoms with Crippen molar-refractivity contribution in [1.29, 1.82) is 0 Å². The molecule has 0 spiro atoms. The van der Waals surface area contributed by atoms with Crippen LogP contribution in [-0.2, 0) is 27.6 Å². The molecule has 28 heavy (non-hydrogen) atoms. The molecule has 0 bridgehead atoms. The molecule has 2 aromatic rings. The molecule has 1 fully saturated rings. The number of nitrogens with one attached hydrogen (secondary N) is 1. The zero-order valence-electron chi connectivity index (χ0n) is 16.1. The van der Waals surface area contributed by atoms with Gasteiger partial charge in [0.25, 0.3) is 5.56 Å². The lowest BCUT2D eigenvalue weighted by molar-refractivity contribution is -0.120. The van der Waals surface area contributed by atoms with Crippen LogP contribution in [0, 0.1) is 0 Å². The van der Waals surface area contributed by atoms with Gasteiger partial charge in [0.2, 0.25) is 5.91 Å². The molecule has 1 aromatic carbocycles. The van der Waals surface area contributed by atoms with Crippen molar-refractivity contribution in [3.8, 4) is 0 Å². The van der Waals surface area contributed by atoms with E-state index in [-0.39, 0.29) is 22.8 Å². The minimum Gasteiger partial charge on any atom is -0.354 e. The monoisotopic (exact) mass is 403 g/mol. The van der Waals surface area contributed by atoms with E-state index in [0.29, 0.717) is 19.0 Å². The van der Waals surface area contributed by atoms with E-state index in [1.807, 2.05) is 0 Å². The molecule has 1 saturated carbocycles. The topological polar surface area (TPSA) is 98.1 Å². The maximum Gasteiger partial charge on any atom is 0.266 e. The highest BCUT2D eigenvalue weighted by atomic mass is 32.2. The molecule has 8 heteroatoms. The molecule has 1 N–H and O–H groups in total. The summed E-state index contributed by atoms with van der Waals surface area (Å²) in [5.41, 5.74) is 1.48.